The molecule has 0 bridgehead atoms. The summed E-state index contributed by atoms with van der Waals surface area (Å²) in [5.41, 5.74) is -0.501. The zero-order valence-corrected chi connectivity index (χ0v) is 26.5. The minimum atomic E-state index is -1.40. The standard InChI is InChI=1S/C28H37N3O12S/c1-9-31(15(4)34)22-11-24(21(30-14(3)33)10-20(22)29-13(2)32)44-28-27(42-19(8)38)26(41-18(7)37)25(40-17(6)36)23(43-28)12-39-16(5)35/h10-11,23,25-28H,9,12H2,1-8H3,(H,29,32)(H,30,33)/t23-,25+,26+,27-,28+/m1/s1. The van der Waals surface area contributed by atoms with Gasteiger partial charge in [-0.3, -0.25) is 33.6 Å². The molecular formula is C28H37N3O12S. The Hall–Kier alpha value is -4.18. The number of ether oxygens (including phenoxy) is 5. The zero-order valence-electron chi connectivity index (χ0n) is 25.7. The van der Waals surface area contributed by atoms with Crippen LogP contribution in [0.15, 0.2) is 17.0 Å². The van der Waals surface area contributed by atoms with Crippen LogP contribution >= 0.6 is 11.8 Å². The number of carbonyl (C=O) groups is 7. The molecule has 0 saturated carbocycles. The van der Waals surface area contributed by atoms with E-state index >= 15 is 0 Å². The molecule has 1 heterocycles. The van der Waals surface area contributed by atoms with E-state index in [1.165, 1.54) is 37.8 Å². The molecule has 242 valence electrons. The first-order valence-corrected chi connectivity index (χ1v) is 14.4. The number of hydrogen-bond acceptors (Lipinski definition) is 13. The molecule has 0 aliphatic carbocycles. The average Bonchev–Trinajstić information content (AvgIpc) is 2.87. The molecule has 0 unspecified atom stereocenters. The molecule has 1 aliphatic rings. The second-order valence-corrected chi connectivity index (χ2v) is 10.8. The molecule has 1 saturated heterocycles. The molecule has 5 atom stereocenters. The molecule has 1 aromatic carbocycles. The Kier molecular flexibility index (Phi) is 13.1. The highest BCUT2D eigenvalue weighted by atomic mass is 32.2. The average molecular weight is 640 g/mol. The second kappa shape index (κ2) is 16.0. The van der Waals surface area contributed by atoms with Gasteiger partial charge >= 0.3 is 23.9 Å². The van der Waals surface area contributed by atoms with E-state index in [1.807, 2.05) is 0 Å². The van der Waals surface area contributed by atoms with E-state index in [0.717, 1.165) is 39.5 Å². The van der Waals surface area contributed by atoms with Crippen LogP contribution in [0.4, 0.5) is 17.1 Å². The lowest BCUT2D eigenvalue weighted by molar-refractivity contribution is -0.237. The lowest BCUT2D eigenvalue weighted by atomic mass is 9.99. The van der Waals surface area contributed by atoms with Gasteiger partial charge in [0.25, 0.3) is 0 Å². The fourth-order valence-electron chi connectivity index (χ4n) is 4.44. The van der Waals surface area contributed by atoms with Gasteiger partial charge in [-0.05, 0) is 19.1 Å². The maximum atomic E-state index is 12.5. The molecule has 0 spiro atoms. The number of amides is 3. The van der Waals surface area contributed by atoms with E-state index in [4.69, 9.17) is 23.7 Å². The molecular weight excluding hydrogens is 602 g/mol. The van der Waals surface area contributed by atoms with Crippen LogP contribution in [0.3, 0.4) is 0 Å². The van der Waals surface area contributed by atoms with Crippen molar-refractivity contribution in [3.8, 4) is 0 Å². The van der Waals surface area contributed by atoms with E-state index in [0.29, 0.717) is 4.90 Å². The lowest BCUT2D eigenvalue weighted by Gasteiger charge is -2.44. The van der Waals surface area contributed by atoms with Crippen LogP contribution in [0.25, 0.3) is 0 Å². The highest BCUT2D eigenvalue weighted by Gasteiger charge is 2.52. The normalized spacial score (nSPS) is 20.9. The summed E-state index contributed by atoms with van der Waals surface area (Å²) in [6.07, 6.45) is -5.32. The SMILES string of the molecule is CCN(C(C)=O)c1cc(S[C@@H]2O[C@H](COC(C)=O)[C@H](OC(C)=O)[C@H](OC(C)=O)[C@H]2OC(C)=O)c(NC(C)=O)cc1NC(C)=O. The predicted molar refractivity (Wildman–Crippen MR) is 157 cm³/mol. The van der Waals surface area contributed by atoms with Crippen molar-refractivity contribution in [3.63, 3.8) is 0 Å². The number of nitrogens with one attached hydrogen (secondary N) is 2. The minimum absolute atomic E-state index is 0.197. The highest BCUT2D eigenvalue weighted by molar-refractivity contribution is 8.00. The molecule has 44 heavy (non-hydrogen) atoms. The Labute approximate surface area is 258 Å². The summed E-state index contributed by atoms with van der Waals surface area (Å²) >= 11 is 0.917. The summed E-state index contributed by atoms with van der Waals surface area (Å²) in [5.74, 6) is -4.24. The molecule has 1 aromatic rings. The van der Waals surface area contributed by atoms with Gasteiger partial charge in [-0.1, -0.05) is 11.8 Å². The number of esters is 4. The van der Waals surface area contributed by atoms with Crippen molar-refractivity contribution >= 4 is 70.4 Å². The number of hydrogen-bond donors (Lipinski definition) is 2. The molecule has 1 aliphatic heterocycles. The zero-order chi connectivity index (χ0) is 33.3. The lowest BCUT2D eigenvalue weighted by Crippen LogP contribution is -2.61. The van der Waals surface area contributed by atoms with Gasteiger partial charge in [0.05, 0.1) is 17.1 Å². The van der Waals surface area contributed by atoms with Gasteiger partial charge in [-0.25, -0.2) is 0 Å². The Morgan fingerprint density at radius 2 is 1.27 bits per heavy atom. The Balaban J connectivity index is 2.78. The van der Waals surface area contributed by atoms with Gasteiger partial charge in [-0.2, -0.15) is 0 Å². The number of carbonyl (C=O) groups excluding carboxylic acids is 7. The van der Waals surface area contributed by atoms with Crippen LogP contribution in [0.1, 0.15) is 55.4 Å². The van der Waals surface area contributed by atoms with Crippen LogP contribution in [-0.4, -0.2) is 84.6 Å². The van der Waals surface area contributed by atoms with Crippen LogP contribution in [-0.2, 0) is 57.2 Å². The van der Waals surface area contributed by atoms with Gasteiger partial charge in [0.2, 0.25) is 17.7 Å². The predicted octanol–water partition coefficient (Wildman–Crippen LogP) is 2.15. The van der Waals surface area contributed by atoms with Crippen molar-refractivity contribution in [3.05, 3.63) is 12.1 Å². The topological polar surface area (TPSA) is 193 Å². The number of benzene rings is 1. The van der Waals surface area contributed by atoms with E-state index in [-0.39, 0.29) is 29.5 Å². The molecule has 1 fully saturated rings. The van der Waals surface area contributed by atoms with Gasteiger partial charge < -0.3 is 39.2 Å². The molecule has 16 heteroatoms. The largest absolute Gasteiger partial charge is 0.463 e. The monoisotopic (exact) mass is 639 g/mol. The number of rotatable bonds is 11. The maximum Gasteiger partial charge on any atom is 0.303 e. The summed E-state index contributed by atoms with van der Waals surface area (Å²) in [5, 5.41) is 5.33. The van der Waals surface area contributed by atoms with Crippen molar-refractivity contribution in [2.45, 2.75) is 90.1 Å². The molecule has 2 rings (SSSR count). The third-order valence-electron chi connectivity index (χ3n) is 5.90. The Morgan fingerprint density at radius 3 is 1.75 bits per heavy atom. The molecule has 0 radical (unpaired) electrons. The Bertz CT molecular complexity index is 1300. The maximum absolute atomic E-state index is 12.5. The second-order valence-electron chi connectivity index (χ2n) is 9.68. The first kappa shape index (κ1) is 36.0. The number of thioether (sulfide) groups is 1. The van der Waals surface area contributed by atoms with E-state index in [9.17, 15) is 33.6 Å². The van der Waals surface area contributed by atoms with Crippen molar-refractivity contribution in [2.75, 3.05) is 28.7 Å². The number of nitrogens with zero attached hydrogens (tertiary/aromatic N) is 1. The molecule has 15 nitrogen and oxygen atoms in total. The quantitative estimate of drug-likeness (QED) is 0.265. The van der Waals surface area contributed by atoms with Crippen LogP contribution in [0.2, 0.25) is 0 Å². The molecule has 3 amide bonds. The third kappa shape index (κ3) is 10.2. The van der Waals surface area contributed by atoms with E-state index in [1.54, 1.807) is 6.92 Å². The van der Waals surface area contributed by atoms with Crippen molar-refractivity contribution in [1.29, 1.82) is 0 Å². The fourth-order valence-corrected chi connectivity index (χ4v) is 5.65. The van der Waals surface area contributed by atoms with E-state index in [2.05, 4.69) is 10.6 Å². The summed E-state index contributed by atoms with van der Waals surface area (Å²) < 4.78 is 27.8. The first-order valence-electron chi connectivity index (χ1n) is 13.5. The van der Waals surface area contributed by atoms with Gasteiger partial charge in [0.1, 0.15) is 18.1 Å². The summed E-state index contributed by atoms with van der Waals surface area (Å²) in [7, 11) is 0. The highest BCUT2D eigenvalue weighted by Crippen LogP contribution is 2.44. The molecule has 2 N–H and O–H groups in total. The van der Waals surface area contributed by atoms with Crippen molar-refractivity contribution in [2.24, 2.45) is 0 Å². The van der Waals surface area contributed by atoms with Crippen molar-refractivity contribution in [1.82, 2.24) is 0 Å². The summed E-state index contributed by atoms with van der Waals surface area (Å²) in [6, 6.07) is 2.98. The fraction of sp³-hybridized carbons (Fsp3) is 0.536. The Morgan fingerprint density at radius 1 is 0.750 bits per heavy atom. The first-order chi connectivity index (χ1) is 20.5. The van der Waals surface area contributed by atoms with Crippen molar-refractivity contribution < 1.29 is 57.2 Å². The summed E-state index contributed by atoms with van der Waals surface area (Å²) in [4.78, 5) is 86.5. The smallest absolute Gasteiger partial charge is 0.303 e. The third-order valence-corrected chi connectivity index (χ3v) is 7.10. The summed E-state index contributed by atoms with van der Waals surface area (Å²) in [6.45, 7) is 9.93. The van der Waals surface area contributed by atoms with Crippen LogP contribution in [0, 0.1) is 0 Å². The van der Waals surface area contributed by atoms with E-state index < -0.39 is 72.2 Å². The number of anilines is 3. The van der Waals surface area contributed by atoms with Gasteiger partial charge in [0, 0.05) is 59.9 Å². The minimum Gasteiger partial charge on any atom is -0.463 e. The van der Waals surface area contributed by atoms with Gasteiger partial charge in [0.15, 0.2) is 18.3 Å². The molecule has 0 aromatic heterocycles. The van der Waals surface area contributed by atoms with Gasteiger partial charge in [-0.15, -0.1) is 0 Å². The van der Waals surface area contributed by atoms with Crippen LogP contribution < -0.4 is 15.5 Å². The van der Waals surface area contributed by atoms with Crippen LogP contribution in [0.5, 0.6) is 0 Å².